The molecule has 2 rings (SSSR count). The summed E-state index contributed by atoms with van der Waals surface area (Å²) in [6.45, 7) is 0.755. The van der Waals surface area contributed by atoms with Gasteiger partial charge in [-0.15, -0.1) is 0 Å². The first-order valence-corrected chi connectivity index (χ1v) is 5.75. The number of anilines is 2. The van der Waals surface area contributed by atoms with E-state index < -0.39 is 0 Å². The minimum absolute atomic E-state index is 0.688. The summed E-state index contributed by atoms with van der Waals surface area (Å²) in [5.41, 5.74) is 7.77. The lowest BCUT2D eigenvalue weighted by molar-refractivity contribution is 0.414. The summed E-state index contributed by atoms with van der Waals surface area (Å²) in [6.07, 6.45) is 1.75. The average molecular weight is 243 g/mol. The van der Waals surface area contributed by atoms with Gasteiger partial charge in [-0.25, -0.2) is 4.98 Å². The molecule has 0 saturated heterocycles. The van der Waals surface area contributed by atoms with E-state index in [2.05, 4.69) is 4.98 Å². The van der Waals surface area contributed by atoms with Crippen molar-refractivity contribution in [2.24, 2.45) is 0 Å². The highest BCUT2D eigenvalue weighted by Gasteiger charge is 2.06. The molecule has 2 N–H and O–H groups in total. The second-order valence-corrected chi connectivity index (χ2v) is 4.12. The van der Waals surface area contributed by atoms with Crippen molar-refractivity contribution >= 4 is 11.5 Å². The number of pyridine rings is 1. The van der Waals surface area contributed by atoms with Crippen molar-refractivity contribution in [3.8, 4) is 5.75 Å². The molecule has 0 atom stereocenters. The zero-order valence-corrected chi connectivity index (χ0v) is 10.6. The van der Waals surface area contributed by atoms with Gasteiger partial charge in [0, 0.05) is 19.8 Å². The molecule has 0 spiro atoms. The number of benzene rings is 1. The van der Waals surface area contributed by atoms with Gasteiger partial charge in [-0.3, -0.25) is 0 Å². The number of methoxy groups -OCH3 is 1. The molecule has 0 aliphatic rings. The average Bonchev–Trinajstić information content (AvgIpc) is 2.40. The van der Waals surface area contributed by atoms with Gasteiger partial charge < -0.3 is 15.4 Å². The highest BCUT2D eigenvalue weighted by atomic mass is 16.5. The number of nitrogen functional groups attached to an aromatic ring is 1. The summed E-state index contributed by atoms with van der Waals surface area (Å²) in [6, 6.07) is 11.7. The first-order chi connectivity index (χ1) is 8.70. The number of nitrogens with two attached hydrogens (primary N) is 1. The predicted octanol–water partition coefficient (Wildman–Crippen LogP) is 2.31. The maximum absolute atomic E-state index is 5.90. The van der Waals surface area contributed by atoms with Crippen LogP contribution in [0.3, 0.4) is 0 Å². The largest absolute Gasteiger partial charge is 0.497 e. The summed E-state index contributed by atoms with van der Waals surface area (Å²) in [5.74, 6) is 1.66. The van der Waals surface area contributed by atoms with Crippen LogP contribution < -0.4 is 15.4 Å². The monoisotopic (exact) mass is 243 g/mol. The fraction of sp³-hybridized carbons (Fsp3) is 0.214. The lowest BCUT2D eigenvalue weighted by Gasteiger charge is -2.19. The molecule has 0 saturated carbocycles. The standard InChI is InChI=1S/C14H17N3O/c1-17(14-13(15)4-3-9-16-14)10-11-5-7-12(18-2)8-6-11/h3-9H,10,15H2,1-2H3. The van der Waals surface area contributed by atoms with Gasteiger partial charge in [-0.05, 0) is 29.8 Å². The van der Waals surface area contributed by atoms with Crippen LogP contribution in [0.25, 0.3) is 0 Å². The Hall–Kier alpha value is -2.23. The Bertz CT molecular complexity index is 511. The van der Waals surface area contributed by atoms with Crippen molar-refractivity contribution in [1.82, 2.24) is 4.98 Å². The summed E-state index contributed by atoms with van der Waals surface area (Å²) in [4.78, 5) is 6.31. The zero-order chi connectivity index (χ0) is 13.0. The summed E-state index contributed by atoms with van der Waals surface area (Å²) in [5, 5.41) is 0. The minimum atomic E-state index is 0.688. The maximum atomic E-state index is 5.90. The molecule has 18 heavy (non-hydrogen) atoms. The second kappa shape index (κ2) is 5.40. The molecule has 0 amide bonds. The number of ether oxygens (including phenoxy) is 1. The van der Waals surface area contributed by atoms with Crippen LogP contribution in [0.2, 0.25) is 0 Å². The molecule has 0 aliphatic carbocycles. The first-order valence-electron chi connectivity index (χ1n) is 5.75. The quantitative estimate of drug-likeness (QED) is 0.895. The van der Waals surface area contributed by atoms with E-state index in [1.807, 2.05) is 48.3 Å². The van der Waals surface area contributed by atoms with Crippen LogP contribution in [-0.2, 0) is 6.54 Å². The molecule has 4 heteroatoms. The number of hydrogen-bond donors (Lipinski definition) is 1. The van der Waals surface area contributed by atoms with Crippen LogP contribution in [0.4, 0.5) is 11.5 Å². The lowest BCUT2D eigenvalue weighted by atomic mass is 10.2. The lowest BCUT2D eigenvalue weighted by Crippen LogP contribution is -2.18. The predicted molar refractivity (Wildman–Crippen MR) is 73.8 cm³/mol. The summed E-state index contributed by atoms with van der Waals surface area (Å²) in [7, 11) is 3.64. The van der Waals surface area contributed by atoms with Crippen molar-refractivity contribution in [3.05, 3.63) is 48.2 Å². The van der Waals surface area contributed by atoms with Crippen LogP contribution in [0.15, 0.2) is 42.6 Å². The van der Waals surface area contributed by atoms with E-state index in [1.54, 1.807) is 13.3 Å². The zero-order valence-electron chi connectivity index (χ0n) is 10.6. The van der Waals surface area contributed by atoms with Gasteiger partial charge in [0.1, 0.15) is 5.75 Å². The fourth-order valence-electron chi connectivity index (χ4n) is 1.81. The van der Waals surface area contributed by atoms with Crippen molar-refractivity contribution in [3.63, 3.8) is 0 Å². The van der Waals surface area contributed by atoms with E-state index in [4.69, 9.17) is 10.5 Å². The maximum Gasteiger partial charge on any atom is 0.151 e. The summed E-state index contributed by atoms with van der Waals surface area (Å²) < 4.78 is 5.13. The van der Waals surface area contributed by atoms with E-state index in [0.717, 1.165) is 18.1 Å². The van der Waals surface area contributed by atoms with Crippen LogP contribution in [0.5, 0.6) is 5.75 Å². The minimum Gasteiger partial charge on any atom is -0.497 e. The third kappa shape index (κ3) is 2.71. The van der Waals surface area contributed by atoms with Crippen LogP contribution >= 0.6 is 0 Å². The smallest absolute Gasteiger partial charge is 0.151 e. The van der Waals surface area contributed by atoms with Gasteiger partial charge in [-0.1, -0.05) is 12.1 Å². The van der Waals surface area contributed by atoms with Crippen LogP contribution in [0.1, 0.15) is 5.56 Å². The highest BCUT2D eigenvalue weighted by molar-refractivity contribution is 5.61. The Morgan fingerprint density at radius 1 is 1.22 bits per heavy atom. The molecular formula is C14H17N3O. The highest BCUT2D eigenvalue weighted by Crippen LogP contribution is 2.20. The van der Waals surface area contributed by atoms with E-state index in [-0.39, 0.29) is 0 Å². The number of nitrogens with zero attached hydrogens (tertiary/aromatic N) is 2. The third-order valence-corrected chi connectivity index (χ3v) is 2.76. The topological polar surface area (TPSA) is 51.4 Å². The Kier molecular flexibility index (Phi) is 3.67. The Morgan fingerprint density at radius 3 is 2.56 bits per heavy atom. The molecule has 4 nitrogen and oxygen atoms in total. The molecule has 0 aliphatic heterocycles. The number of aromatic nitrogens is 1. The first kappa shape index (κ1) is 12.2. The van der Waals surface area contributed by atoms with E-state index in [0.29, 0.717) is 5.69 Å². The number of hydrogen-bond acceptors (Lipinski definition) is 4. The van der Waals surface area contributed by atoms with Gasteiger partial charge in [0.05, 0.1) is 12.8 Å². The Morgan fingerprint density at radius 2 is 1.94 bits per heavy atom. The normalized spacial score (nSPS) is 10.1. The van der Waals surface area contributed by atoms with E-state index >= 15 is 0 Å². The Balaban J connectivity index is 2.11. The van der Waals surface area contributed by atoms with Gasteiger partial charge in [-0.2, -0.15) is 0 Å². The molecule has 94 valence electrons. The molecule has 0 bridgehead atoms. The molecule has 1 aromatic heterocycles. The number of rotatable bonds is 4. The van der Waals surface area contributed by atoms with Gasteiger partial charge in [0.25, 0.3) is 0 Å². The van der Waals surface area contributed by atoms with Gasteiger partial charge in [0.15, 0.2) is 5.82 Å². The van der Waals surface area contributed by atoms with Gasteiger partial charge >= 0.3 is 0 Å². The van der Waals surface area contributed by atoms with Crippen molar-refractivity contribution in [2.75, 3.05) is 24.8 Å². The van der Waals surface area contributed by atoms with Crippen molar-refractivity contribution in [1.29, 1.82) is 0 Å². The molecule has 0 unspecified atom stereocenters. The second-order valence-electron chi connectivity index (χ2n) is 4.12. The summed E-state index contributed by atoms with van der Waals surface area (Å²) >= 11 is 0. The van der Waals surface area contributed by atoms with Crippen molar-refractivity contribution < 1.29 is 4.74 Å². The SMILES string of the molecule is COc1ccc(CN(C)c2ncccc2N)cc1. The molecular weight excluding hydrogens is 226 g/mol. The molecule has 2 aromatic rings. The fourth-order valence-corrected chi connectivity index (χ4v) is 1.81. The van der Waals surface area contributed by atoms with E-state index in [1.165, 1.54) is 5.56 Å². The molecule has 0 radical (unpaired) electrons. The molecule has 0 fully saturated rings. The van der Waals surface area contributed by atoms with Crippen LogP contribution in [-0.4, -0.2) is 19.1 Å². The molecule has 1 aromatic carbocycles. The molecule has 1 heterocycles. The Labute approximate surface area is 107 Å². The van der Waals surface area contributed by atoms with Crippen molar-refractivity contribution in [2.45, 2.75) is 6.54 Å². The van der Waals surface area contributed by atoms with Crippen LogP contribution in [0, 0.1) is 0 Å². The third-order valence-electron chi connectivity index (χ3n) is 2.76. The van der Waals surface area contributed by atoms with E-state index in [9.17, 15) is 0 Å². The van der Waals surface area contributed by atoms with Gasteiger partial charge in [0.2, 0.25) is 0 Å².